The van der Waals surface area contributed by atoms with E-state index < -0.39 is 0 Å². The van der Waals surface area contributed by atoms with Gasteiger partial charge in [0.1, 0.15) is 37.7 Å². The highest BCUT2D eigenvalue weighted by Gasteiger charge is 2.16. The zero-order chi connectivity index (χ0) is 22.3. The molecule has 2 aromatic carbocycles. The summed E-state index contributed by atoms with van der Waals surface area (Å²) in [6, 6.07) is 14.7. The molecule has 1 aromatic heterocycles. The number of carbonyl (C=O) groups excluding carboxylic acids is 1. The van der Waals surface area contributed by atoms with E-state index in [-0.39, 0.29) is 5.91 Å². The number of anilines is 1. The van der Waals surface area contributed by atoms with Crippen LogP contribution < -0.4 is 19.7 Å². The number of aryl methyl sites for hydroxylation is 1. The molecule has 0 saturated carbocycles. The number of aromatic nitrogens is 2. The summed E-state index contributed by atoms with van der Waals surface area (Å²) in [5, 5.41) is 7.26. The summed E-state index contributed by atoms with van der Waals surface area (Å²) in [4.78, 5) is 14.2. The van der Waals surface area contributed by atoms with Gasteiger partial charge in [-0.1, -0.05) is 6.07 Å². The van der Waals surface area contributed by atoms with Crippen molar-refractivity contribution in [1.82, 2.24) is 9.78 Å². The highest BCUT2D eigenvalue weighted by Crippen LogP contribution is 2.32. The number of hydrogen-bond donors (Lipinski definition) is 2. The van der Waals surface area contributed by atoms with Crippen molar-refractivity contribution in [1.29, 1.82) is 0 Å². The number of nitrogens with one attached hydrogen (secondary N) is 2. The van der Waals surface area contributed by atoms with E-state index in [4.69, 9.17) is 14.2 Å². The molecule has 8 heteroatoms. The monoisotopic (exact) mass is 437 g/mol. The number of amides is 1. The van der Waals surface area contributed by atoms with E-state index in [1.807, 2.05) is 37.4 Å². The van der Waals surface area contributed by atoms with E-state index in [9.17, 15) is 4.79 Å². The Labute approximate surface area is 187 Å². The highest BCUT2D eigenvalue weighted by atomic mass is 16.5. The van der Waals surface area contributed by atoms with Gasteiger partial charge in [-0.05, 0) is 42.5 Å². The number of benzene rings is 2. The molecule has 0 bridgehead atoms. The molecule has 1 fully saturated rings. The largest absolute Gasteiger partial charge is 0.497 e. The first-order valence-electron chi connectivity index (χ1n) is 10.8. The van der Waals surface area contributed by atoms with Gasteiger partial charge in [0, 0.05) is 30.1 Å². The summed E-state index contributed by atoms with van der Waals surface area (Å²) in [7, 11) is 3.47. The summed E-state index contributed by atoms with van der Waals surface area (Å²) < 4.78 is 18.6. The number of hydrogen-bond acceptors (Lipinski definition) is 5. The predicted octanol–water partition coefficient (Wildman–Crippen LogP) is 1.64. The summed E-state index contributed by atoms with van der Waals surface area (Å²) in [6.45, 7) is 5.15. The predicted molar refractivity (Wildman–Crippen MR) is 121 cm³/mol. The minimum atomic E-state index is -0.204. The van der Waals surface area contributed by atoms with E-state index in [0.717, 1.165) is 49.9 Å². The van der Waals surface area contributed by atoms with Crippen molar-refractivity contribution >= 4 is 11.6 Å². The molecule has 1 aliphatic rings. The maximum Gasteiger partial charge on any atom is 0.255 e. The Kier molecular flexibility index (Phi) is 7.03. The molecular weight excluding hydrogens is 408 g/mol. The third kappa shape index (κ3) is 5.27. The van der Waals surface area contributed by atoms with Crippen molar-refractivity contribution in [3.8, 4) is 22.8 Å². The molecule has 0 aliphatic carbocycles. The number of nitrogens with zero attached hydrogens (tertiary/aromatic N) is 2. The van der Waals surface area contributed by atoms with Crippen LogP contribution in [0.4, 0.5) is 5.69 Å². The first-order chi connectivity index (χ1) is 15.6. The maximum absolute atomic E-state index is 12.8. The fourth-order valence-corrected chi connectivity index (χ4v) is 3.75. The van der Waals surface area contributed by atoms with Gasteiger partial charge in [-0.25, -0.2) is 0 Å². The Hall–Kier alpha value is -3.36. The average Bonchev–Trinajstić information content (AvgIpc) is 3.26. The van der Waals surface area contributed by atoms with Crippen LogP contribution in [0.1, 0.15) is 10.4 Å². The molecule has 1 aliphatic heterocycles. The fraction of sp³-hybridized carbons (Fsp3) is 0.333. The lowest BCUT2D eigenvalue weighted by molar-refractivity contribution is -0.908. The zero-order valence-electron chi connectivity index (χ0n) is 18.5. The molecule has 0 unspecified atom stereocenters. The molecule has 2 heterocycles. The summed E-state index contributed by atoms with van der Waals surface area (Å²) >= 11 is 0. The fourth-order valence-electron chi connectivity index (χ4n) is 3.75. The second-order valence-electron chi connectivity index (χ2n) is 7.70. The SMILES string of the molecule is COc1cccc(C(=O)Nc2ccc(OCC[NH+]3CCOCC3)c(-c3ccnn3C)c2)c1. The van der Waals surface area contributed by atoms with E-state index in [0.29, 0.717) is 23.6 Å². The molecule has 32 heavy (non-hydrogen) atoms. The van der Waals surface area contributed by atoms with Gasteiger partial charge in [0.05, 0.1) is 26.0 Å². The van der Waals surface area contributed by atoms with E-state index >= 15 is 0 Å². The van der Waals surface area contributed by atoms with Gasteiger partial charge in [-0.3, -0.25) is 9.48 Å². The van der Waals surface area contributed by atoms with Gasteiger partial charge < -0.3 is 24.4 Å². The van der Waals surface area contributed by atoms with Crippen LogP contribution in [0, 0.1) is 0 Å². The van der Waals surface area contributed by atoms with Gasteiger partial charge >= 0.3 is 0 Å². The molecular formula is C24H29N4O4+. The Morgan fingerprint density at radius 1 is 1.19 bits per heavy atom. The van der Waals surface area contributed by atoms with Crippen LogP contribution in [0.5, 0.6) is 11.5 Å². The van der Waals surface area contributed by atoms with Crippen molar-refractivity contribution in [2.45, 2.75) is 0 Å². The van der Waals surface area contributed by atoms with Gasteiger partial charge in [-0.2, -0.15) is 5.10 Å². The Morgan fingerprint density at radius 3 is 2.78 bits per heavy atom. The van der Waals surface area contributed by atoms with Crippen molar-refractivity contribution < 1.29 is 23.9 Å². The number of ether oxygens (including phenoxy) is 3. The molecule has 0 spiro atoms. The second-order valence-corrected chi connectivity index (χ2v) is 7.70. The molecule has 168 valence electrons. The smallest absolute Gasteiger partial charge is 0.255 e. The topological polar surface area (TPSA) is 79.1 Å². The van der Waals surface area contributed by atoms with Crippen LogP contribution in [-0.4, -0.2) is 62.3 Å². The average molecular weight is 438 g/mol. The van der Waals surface area contributed by atoms with Crippen LogP contribution >= 0.6 is 0 Å². The van der Waals surface area contributed by atoms with Crippen molar-refractivity contribution in [3.05, 3.63) is 60.3 Å². The molecule has 8 nitrogen and oxygen atoms in total. The Balaban J connectivity index is 1.51. The van der Waals surface area contributed by atoms with Crippen LogP contribution in [-0.2, 0) is 11.8 Å². The Bertz CT molecular complexity index is 1060. The first kappa shape index (κ1) is 21.9. The summed E-state index contributed by atoms with van der Waals surface area (Å²) in [6.07, 6.45) is 1.75. The first-order valence-corrected chi connectivity index (χ1v) is 10.8. The Morgan fingerprint density at radius 2 is 2.03 bits per heavy atom. The van der Waals surface area contributed by atoms with E-state index in [1.54, 1.807) is 36.2 Å². The van der Waals surface area contributed by atoms with E-state index in [2.05, 4.69) is 10.4 Å². The summed E-state index contributed by atoms with van der Waals surface area (Å²) in [5.41, 5.74) is 3.00. The molecule has 4 rings (SSSR count). The second kappa shape index (κ2) is 10.3. The van der Waals surface area contributed by atoms with Gasteiger partial charge in [0.15, 0.2) is 0 Å². The lowest BCUT2D eigenvalue weighted by Crippen LogP contribution is -3.14. The van der Waals surface area contributed by atoms with Crippen LogP contribution in [0.2, 0.25) is 0 Å². The third-order valence-corrected chi connectivity index (χ3v) is 5.58. The molecule has 3 aromatic rings. The highest BCUT2D eigenvalue weighted by molar-refractivity contribution is 6.04. The zero-order valence-corrected chi connectivity index (χ0v) is 18.5. The van der Waals surface area contributed by atoms with Crippen LogP contribution in [0.3, 0.4) is 0 Å². The molecule has 1 amide bonds. The molecule has 2 N–H and O–H groups in total. The van der Waals surface area contributed by atoms with Crippen molar-refractivity contribution in [3.63, 3.8) is 0 Å². The van der Waals surface area contributed by atoms with E-state index in [1.165, 1.54) is 4.90 Å². The number of carbonyl (C=O) groups is 1. The standard InChI is InChI=1S/C24H28N4O4/c1-27-22(8-9-25-27)21-17-19(26-24(29)18-4-3-5-20(16-18)30-2)6-7-23(21)32-15-12-28-10-13-31-14-11-28/h3-9,16-17H,10-15H2,1-2H3,(H,26,29)/p+1. The van der Waals surface area contributed by atoms with Crippen molar-refractivity contribution in [2.24, 2.45) is 7.05 Å². The lowest BCUT2D eigenvalue weighted by Gasteiger charge is -2.24. The third-order valence-electron chi connectivity index (χ3n) is 5.58. The van der Waals surface area contributed by atoms with Gasteiger partial charge in [-0.15, -0.1) is 0 Å². The molecule has 1 saturated heterocycles. The quantitative estimate of drug-likeness (QED) is 0.560. The summed E-state index contributed by atoms with van der Waals surface area (Å²) in [5.74, 6) is 1.20. The van der Waals surface area contributed by atoms with Crippen LogP contribution in [0.15, 0.2) is 54.7 Å². The number of morpholine rings is 1. The number of quaternary nitrogens is 1. The van der Waals surface area contributed by atoms with Gasteiger partial charge in [0.25, 0.3) is 5.91 Å². The number of methoxy groups -OCH3 is 1. The maximum atomic E-state index is 12.8. The minimum absolute atomic E-state index is 0.204. The van der Waals surface area contributed by atoms with Gasteiger partial charge in [0.2, 0.25) is 0 Å². The molecule has 0 atom stereocenters. The van der Waals surface area contributed by atoms with Crippen LogP contribution in [0.25, 0.3) is 11.3 Å². The minimum Gasteiger partial charge on any atom is -0.497 e. The normalized spacial score (nSPS) is 14.2. The molecule has 0 radical (unpaired) electrons. The number of rotatable bonds is 8. The lowest BCUT2D eigenvalue weighted by atomic mass is 10.1. The van der Waals surface area contributed by atoms with Crippen molar-refractivity contribution in [2.75, 3.05) is 51.9 Å².